The van der Waals surface area contributed by atoms with E-state index in [1.807, 2.05) is 0 Å². The molecule has 11 heteroatoms. The Balaban J connectivity index is 1.67. The minimum atomic E-state index is -1.65. The van der Waals surface area contributed by atoms with Gasteiger partial charge < -0.3 is 0 Å². The van der Waals surface area contributed by atoms with Gasteiger partial charge in [-0.15, -0.1) is 0 Å². The Morgan fingerprint density at radius 1 is 1.10 bits per heavy atom. The van der Waals surface area contributed by atoms with Crippen molar-refractivity contribution < 1.29 is 22.9 Å². The second kappa shape index (κ2) is 8.23. The molecule has 2 N–H and O–H groups in total. The minimum absolute atomic E-state index is 0.0402. The molecule has 0 bridgehead atoms. The summed E-state index contributed by atoms with van der Waals surface area (Å²) in [5, 5.41) is 15.2. The number of hydrazine groups is 1. The number of nitrogens with one attached hydrogen (secondary N) is 2. The van der Waals surface area contributed by atoms with E-state index in [2.05, 4.69) is 16.0 Å². The largest absolute Gasteiger partial charge is 0.312 e. The van der Waals surface area contributed by atoms with Crippen LogP contribution in [0.2, 0.25) is 0 Å². The molecule has 2 aromatic carbocycles. The van der Waals surface area contributed by atoms with Crippen molar-refractivity contribution in [1.29, 1.82) is 0 Å². The highest BCUT2D eigenvalue weighted by Gasteiger charge is 2.21. The number of anilines is 1. The van der Waals surface area contributed by atoms with Crippen LogP contribution in [0.1, 0.15) is 27.3 Å². The fourth-order valence-corrected chi connectivity index (χ4v) is 2.86. The SMILES string of the molecule is Cc1nn(Cc2ccc(C(=O)NNc3ccc(F)c(F)c3F)cc2)c(C)c1[N+](=O)[O-]. The maximum atomic E-state index is 13.6. The van der Waals surface area contributed by atoms with Gasteiger partial charge >= 0.3 is 5.69 Å². The molecule has 0 unspecified atom stereocenters. The summed E-state index contributed by atoms with van der Waals surface area (Å²) in [6.07, 6.45) is 0. The van der Waals surface area contributed by atoms with Gasteiger partial charge in [0.15, 0.2) is 17.5 Å². The number of nitro groups is 1. The average Bonchev–Trinajstić information content (AvgIpc) is 2.99. The van der Waals surface area contributed by atoms with Crippen molar-refractivity contribution in [2.24, 2.45) is 0 Å². The van der Waals surface area contributed by atoms with Gasteiger partial charge in [-0.1, -0.05) is 12.1 Å². The fourth-order valence-electron chi connectivity index (χ4n) is 2.86. The van der Waals surface area contributed by atoms with Gasteiger partial charge in [-0.3, -0.25) is 30.4 Å². The Bertz CT molecular complexity index is 1130. The second-order valence-electron chi connectivity index (χ2n) is 6.43. The normalized spacial score (nSPS) is 10.7. The van der Waals surface area contributed by atoms with E-state index in [1.165, 1.54) is 16.8 Å². The molecule has 3 aromatic rings. The van der Waals surface area contributed by atoms with Crippen LogP contribution in [0.5, 0.6) is 0 Å². The molecule has 8 nitrogen and oxygen atoms in total. The molecule has 0 spiro atoms. The van der Waals surface area contributed by atoms with Crippen molar-refractivity contribution >= 4 is 17.3 Å². The summed E-state index contributed by atoms with van der Waals surface area (Å²) in [7, 11) is 0. The first-order chi connectivity index (χ1) is 14.2. The van der Waals surface area contributed by atoms with Gasteiger partial charge in [-0.05, 0) is 43.7 Å². The number of hydrogen-bond donors (Lipinski definition) is 2. The summed E-state index contributed by atoms with van der Waals surface area (Å²) < 4.78 is 41.3. The van der Waals surface area contributed by atoms with E-state index in [0.717, 1.165) is 17.7 Å². The molecular weight excluding hydrogens is 403 g/mol. The van der Waals surface area contributed by atoms with Crippen LogP contribution >= 0.6 is 0 Å². The van der Waals surface area contributed by atoms with Crippen LogP contribution in [0.4, 0.5) is 24.5 Å². The van der Waals surface area contributed by atoms with Crippen molar-refractivity contribution in [3.63, 3.8) is 0 Å². The zero-order valence-corrected chi connectivity index (χ0v) is 15.9. The average molecular weight is 419 g/mol. The third-order valence-corrected chi connectivity index (χ3v) is 4.42. The number of aryl methyl sites for hydroxylation is 1. The molecule has 0 atom stereocenters. The summed E-state index contributed by atoms with van der Waals surface area (Å²) in [5.74, 6) is -5.08. The molecule has 1 amide bonds. The Labute approximate surface area is 168 Å². The van der Waals surface area contributed by atoms with E-state index in [9.17, 15) is 28.1 Å². The van der Waals surface area contributed by atoms with Crippen molar-refractivity contribution in [3.05, 3.63) is 86.5 Å². The van der Waals surface area contributed by atoms with Crippen molar-refractivity contribution in [3.8, 4) is 0 Å². The first kappa shape index (κ1) is 20.8. The van der Waals surface area contributed by atoms with E-state index in [4.69, 9.17) is 0 Å². The topological polar surface area (TPSA) is 102 Å². The zero-order valence-electron chi connectivity index (χ0n) is 15.9. The van der Waals surface area contributed by atoms with Crippen LogP contribution in [0.25, 0.3) is 0 Å². The van der Waals surface area contributed by atoms with Crippen LogP contribution in [-0.2, 0) is 6.54 Å². The third kappa shape index (κ3) is 4.09. The number of amides is 1. The van der Waals surface area contributed by atoms with Gasteiger partial charge in [0, 0.05) is 5.56 Å². The zero-order chi connectivity index (χ0) is 22.0. The van der Waals surface area contributed by atoms with Gasteiger partial charge in [-0.2, -0.15) is 5.10 Å². The summed E-state index contributed by atoms with van der Waals surface area (Å²) in [5.41, 5.74) is 5.61. The maximum absolute atomic E-state index is 13.6. The van der Waals surface area contributed by atoms with E-state index in [-0.39, 0.29) is 17.8 Å². The summed E-state index contributed by atoms with van der Waals surface area (Å²) >= 11 is 0. The van der Waals surface area contributed by atoms with E-state index < -0.39 is 34.0 Å². The molecule has 0 radical (unpaired) electrons. The highest BCUT2D eigenvalue weighted by Crippen LogP contribution is 2.23. The van der Waals surface area contributed by atoms with Crippen LogP contribution in [0.3, 0.4) is 0 Å². The summed E-state index contributed by atoms with van der Waals surface area (Å²) in [6, 6.07) is 7.93. The molecule has 1 heterocycles. The number of halogens is 3. The number of aromatic nitrogens is 2. The smallest absolute Gasteiger partial charge is 0.295 e. The molecule has 0 saturated heterocycles. The van der Waals surface area contributed by atoms with Gasteiger partial charge in [0.05, 0.1) is 17.2 Å². The molecule has 156 valence electrons. The summed E-state index contributed by atoms with van der Waals surface area (Å²) in [4.78, 5) is 22.8. The molecule has 0 saturated carbocycles. The van der Waals surface area contributed by atoms with Gasteiger partial charge in [0.1, 0.15) is 11.4 Å². The van der Waals surface area contributed by atoms with Crippen LogP contribution in [0.15, 0.2) is 36.4 Å². The van der Waals surface area contributed by atoms with Gasteiger partial charge in [-0.25, -0.2) is 13.2 Å². The quantitative estimate of drug-likeness (QED) is 0.361. The number of nitrogens with zero attached hydrogens (tertiary/aromatic N) is 3. The van der Waals surface area contributed by atoms with E-state index >= 15 is 0 Å². The van der Waals surface area contributed by atoms with E-state index in [0.29, 0.717) is 11.4 Å². The molecule has 0 fully saturated rings. The monoisotopic (exact) mass is 419 g/mol. The summed E-state index contributed by atoms with van der Waals surface area (Å²) in [6.45, 7) is 3.42. The fraction of sp³-hybridized carbons (Fsp3) is 0.158. The maximum Gasteiger partial charge on any atom is 0.312 e. The lowest BCUT2D eigenvalue weighted by molar-refractivity contribution is -0.386. The Morgan fingerprint density at radius 3 is 2.37 bits per heavy atom. The van der Waals surface area contributed by atoms with Crippen molar-refractivity contribution in [1.82, 2.24) is 15.2 Å². The number of hydrogen-bond acceptors (Lipinski definition) is 5. The van der Waals surface area contributed by atoms with Crippen LogP contribution in [-0.4, -0.2) is 20.6 Å². The minimum Gasteiger partial charge on any atom is -0.295 e. The Morgan fingerprint density at radius 2 is 1.77 bits per heavy atom. The number of carbonyl (C=O) groups excluding carboxylic acids is 1. The van der Waals surface area contributed by atoms with Crippen LogP contribution in [0, 0.1) is 41.4 Å². The standard InChI is InChI=1S/C19H16F3N5O3/c1-10-18(27(29)30)11(2)26(25-10)9-12-3-5-13(6-4-12)19(28)24-23-15-8-7-14(20)16(21)17(15)22/h3-8,23H,9H2,1-2H3,(H,24,28). The lowest BCUT2D eigenvalue weighted by atomic mass is 10.1. The lowest BCUT2D eigenvalue weighted by Gasteiger charge is -2.10. The van der Waals surface area contributed by atoms with Gasteiger partial charge in [0.25, 0.3) is 5.91 Å². The predicted molar refractivity (Wildman–Crippen MR) is 101 cm³/mol. The number of carbonyl (C=O) groups is 1. The molecule has 1 aromatic heterocycles. The highest BCUT2D eigenvalue weighted by molar-refractivity contribution is 5.94. The van der Waals surface area contributed by atoms with Crippen molar-refractivity contribution in [2.75, 3.05) is 5.43 Å². The molecular formula is C19H16F3N5O3. The lowest BCUT2D eigenvalue weighted by Crippen LogP contribution is -2.30. The van der Waals surface area contributed by atoms with Crippen LogP contribution < -0.4 is 10.9 Å². The first-order valence-electron chi connectivity index (χ1n) is 8.66. The Hall–Kier alpha value is -3.89. The predicted octanol–water partition coefficient (Wildman–Crippen LogP) is 3.63. The van der Waals surface area contributed by atoms with E-state index in [1.54, 1.807) is 26.0 Å². The van der Waals surface area contributed by atoms with Crippen molar-refractivity contribution in [2.45, 2.75) is 20.4 Å². The highest BCUT2D eigenvalue weighted by atomic mass is 19.2. The molecule has 0 aliphatic rings. The molecule has 3 rings (SSSR count). The third-order valence-electron chi connectivity index (χ3n) is 4.42. The number of benzene rings is 2. The Kier molecular flexibility index (Phi) is 5.72. The first-order valence-corrected chi connectivity index (χ1v) is 8.66. The van der Waals surface area contributed by atoms with Gasteiger partial charge in [0.2, 0.25) is 0 Å². The number of rotatable bonds is 6. The second-order valence-corrected chi connectivity index (χ2v) is 6.43. The molecule has 30 heavy (non-hydrogen) atoms. The molecule has 0 aliphatic heterocycles. The molecule has 0 aliphatic carbocycles.